The molecular formula is C20H32. The number of rotatable bonds is 6. The zero-order valence-electron chi connectivity index (χ0n) is 14.1. The van der Waals surface area contributed by atoms with E-state index in [1.54, 1.807) is 11.1 Å². The van der Waals surface area contributed by atoms with Crippen LogP contribution in [0.3, 0.4) is 0 Å². The van der Waals surface area contributed by atoms with Gasteiger partial charge in [-0.05, 0) is 50.5 Å². The molecule has 0 saturated heterocycles. The summed E-state index contributed by atoms with van der Waals surface area (Å²) in [7, 11) is 0. The molecule has 0 heteroatoms. The summed E-state index contributed by atoms with van der Waals surface area (Å²) in [5.74, 6) is 0. The Hall–Kier alpha value is -1.04. The van der Waals surface area contributed by atoms with Gasteiger partial charge >= 0.3 is 0 Å². The first kappa shape index (κ1) is 17.0. The van der Waals surface area contributed by atoms with Crippen LogP contribution in [0.25, 0.3) is 0 Å². The third-order valence-corrected chi connectivity index (χ3v) is 4.27. The smallest absolute Gasteiger partial charge is 0.0104 e. The van der Waals surface area contributed by atoms with Gasteiger partial charge in [0, 0.05) is 0 Å². The number of hydrogen-bond donors (Lipinski definition) is 0. The number of allylic oxidation sites excluding steroid dienone is 8. The molecule has 0 aromatic carbocycles. The zero-order chi connectivity index (χ0) is 15.0. The van der Waals surface area contributed by atoms with Gasteiger partial charge in [-0.25, -0.2) is 0 Å². The van der Waals surface area contributed by atoms with Crippen LogP contribution in [0.15, 0.2) is 47.1 Å². The van der Waals surface area contributed by atoms with E-state index in [0.717, 1.165) is 0 Å². The Morgan fingerprint density at radius 3 is 2.70 bits per heavy atom. The lowest BCUT2D eigenvalue weighted by molar-refractivity contribution is 0.377. The van der Waals surface area contributed by atoms with Gasteiger partial charge < -0.3 is 0 Å². The van der Waals surface area contributed by atoms with Crippen molar-refractivity contribution >= 4 is 0 Å². The van der Waals surface area contributed by atoms with Crippen molar-refractivity contribution in [1.29, 1.82) is 0 Å². The van der Waals surface area contributed by atoms with E-state index >= 15 is 0 Å². The van der Waals surface area contributed by atoms with E-state index in [2.05, 4.69) is 65.0 Å². The molecule has 1 rings (SSSR count). The van der Waals surface area contributed by atoms with Crippen LogP contribution in [-0.2, 0) is 0 Å². The van der Waals surface area contributed by atoms with Crippen molar-refractivity contribution in [2.24, 2.45) is 5.41 Å². The molecule has 0 spiro atoms. The molecule has 112 valence electrons. The largest absolute Gasteiger partial charge is 0.0845 e. The van der Waals surface area contributed by atoms with E-state index in [0.29, 0.717) is 5.41 Å². The van der Waals surface area contributed by atoms with Gasteiger partial charge in [0.1, 0.15) is 0 Å². The minimum atomic E-state index is 0.343. The summed E-state index contributed by atoms with van der Waals surface area (Å²) in [4.78, 5) is 0. The molecular weight excluding hydrogens is 240 g/mol. The van der Waals surface area contributed by atoms with Crippen LogP contribution in [0.4, 0.5) is 0 Å². The molecule has 0 nitrogen and oxygen atoms in total. The van der Waals surface area contributed by atoms with Crippen LogP contribution in [0.1, 0.15) is 73.1 Å². The minimum Gasteiger partial charge on any atom is -0.0845 e. The third-order valence-electron chi connectivity index (χ3n) is 4.27. The highest BCUT2D eigenvalue weighted by Gasteiger charge is 2.26. The van der Waals surface area contributed by atoms with E-state index in [-0.39, 0.29) is 0 Å². The maximum atomic E-state index is 2.37. The first-order chi connectivity index (χ1) is 9.47. The van der Waals surface area contributed by atoms with Crippen molar-refractivity contribution in [2.45, 2.75) is 73.1 Å². The summed E-state index contributed by atoms with van der Waals surface area (Å²) in [6.07, 6.45) is 19.0. The summed E-state index contributed by atoms with van der Waals surface area (Å²) in [6.45, 7) is 11.5. The molecule has 1 aliphatic carbocycles. The van der Waals surface area contributed by atoms with Crippen LogP contribution in [0, 0.1) is 5.41 Å². The van der Waals surface area contributed by atoms with Crippen LogP contribution < -0.4 is 0 Å². The molecule has 0 N–H and O–H groups in total. The first-order valence-corrected chi connectivity index (χ1v) is 8.19. The Kier molecular flexibility index (Phi) is 7.05. The highest BCUT2D eigenvalue weighted by molar-refractivity contribution is 5.36. The Labute approximate surface area is 126 Å². The Balaban J connectivity index is 2.66. The molecule has 0 aliphatic heterocycles. The first-order valence-electron chi connectivity index (χ1n) is 8.19. The van der Waals surface area contributed by atoms with Crippen molar-refractivity contribution in [1.82, 2.24) is 0 Å². The van der Waals surface area contributed by atoms with Gasteiger partial charge in [-0.2, -0.15) is 0 Å². The molecule has 20 heavy (non-hydrogen) atoms. The lowest BCUT2D eigenvalue weighted by Gasteiger charge is -2.32. The average molecular weight is 272 g/mol. The second-order valence-electron chi connectivity index (χ2n) is 6.75. The topological polar surface area (TPSA) is 0 Å². The molecule has 1 aliphatic rings. The predicted molar refractivity (Wildman–Crippen MR) is 91.9 cm³/mol. The van der Waals surface area contributed by atoms with E-state index in [1.807, 2.05) is 0 Å². The average Bonchev–Trinajstić information content (AvgIpc) is 2.37. The normalized spacial score (nSPS) is 20.4. The predicted octanol–water partition coefficient (Wildman–Crippen LogP) is 6.76. The molecule has 0 heterocycles. The fraction of sp³-hybridized carbons (Fsp3) is 0.600. The summed E-state index contributed by atoms with van der Waals surface area (Å²) in [5.41, 5.74) is 4.80. The molecule has 0 atom stereocenters. The lowest BCUT2D eigenvalue weighted by atomic mass is 9.72. The van der Waals surface area contributed by atoms with Crippen molar-refractivity contribution in [2.75, 3.05) is 0 Å². The molecule has 0 amide bonds. The summed E-state index contributed by atoms with van der Waals surface area (Å²) >= 11 is 0. The summed E-state index contributed by atoms with van der Waals surface area (Å²) in [6, 6.07) is 0. The van der Waals surface area contributed by atoms with Crippen LogP contribution in [-0.4, -0.2) is 0 Å². The molecule has 0 radical (unpaired) electrons. The van der Waals surface area contributed by atoms with Crippen molar-refractivity contribution in [3.63, 3.8) is 0 Å². The lowest BCUT2D eigenvalue weighted by Crippen LogP contribution is -2.19. The second kappa shape index (κ2) is 8.29. The molecule has 0 aromatic rings. The highest BCUT2D eigenvalue weighted by atomic mass is 14.3. The van der Waals surface area contributed by atoms with Crippen LogP contribution >= 0.6 is 0 Å². The van der Waals surface area contributed by atoms with Gasteiger partial charge in [0.25, 0.3) is 0 Å². The van der Waals surface area contributed by atoms with Gasteiger partial charge in [0.2, 0.25) is 0 Å². The standard InChI is InChI=1S/C20H32/c1-6-7-8-9-10-12-17(2)14-15-19-18(3)13-11-16-20(19,4)5/h9-10,12,14-15H,6-8,11,13,16H2,1-5H3/b10-9-,15-14+,17-12+. The van der Waals surface area contributed by atoms with E-state index in [1.165, 1.54) is 44.1 Å². The van der Waals surface area contributed by atoms with E-state index < -0.39 is 0 Å². The summed E-state index contributed by atoms with van der Waals surface area (Å²) in [5, 5.41) is 0. The van der Waals surface area contributed by atoms with Crippen molar-refractivity contribution < 1.29 is 0 Å². The minimum absolute atomic E-state index is 0.343. The number of hydrogen-bond acceptors (Lipinski definition) is 0. The maximum Gasteiger partial charge on any atom is -0.0104 e. The van der Waals surface area contributed by atoms with Crippen molar-refractivity contribution in [3.8, 4) is 0 Å². The van der Waals surface area contributed by atoms with Crippen LogP contribution in [0.5, 0.6) is 0 Å². The van der Waals surface area contributed by atoms with Gasteiger partial charge in [0.05, 0.1) is 0 Å². The Morgan fingerprint density at radius 2 is 2.05 bits per heavy atom. The fourth-order valence-corrected chi connectivity index (χ4v) is 2.92. The van der Waals surface area contributed by atoms with Crippen molar-refractivity contribution in [3.05, 3.63) is 47.1 Å². The van der Waals surface area contributed by atoms with Gasteiger partial charge in [-0.3, -0.25) is 0 Å². The molecule has 0 unspecified atom stereocenters. The molecule has 0 saturated carbocycles. The highest BCUT2D eigenvalue weighted by Crippen LogP contribution is 2.40. The Bertz CT molecular complexity index is 413. The van der Waals surface area contributed by atoms with Gasteiger partial charge in [-0.1, -0.05) is 75.1 Å². The SMILES string of the molecule is CCCC\C=C/C=C(C)/C=C/C1=C(C)CCCC1(C)C. The number of unbranched alkanes of at least 4 members (excludes halogenated alkanes) is 2. The monoisotopic (exact) mass is 272 g/mol. The maximum absolute atomic E-state index is 2.37. The summed E-state index contributed by atoms with van der Waals surface area (Å²) < 4.78 is 0. The third kappa shape index (κ3) is 5.53. The Morgan fingerprint density at radius 1 is 1.30 bits per heavy atom. The molecule has 0 bridgehead atoms. The fourth-order valence-electron chi connectivity index (χ4n) is 2.92. The van der Waals surface area contributed by atoms with Crippen LogP contribution in [0.2, 0.25) is 0 Å². The van der Waals surface area contributed by atoms with Gasteiger partial charge in [0.15, 0.2) is 0 Å². The van der Waals surface area contributed by atoms with E-state index in [4.69, 9.17) is 0 Å². The molecule has 0 aromatic heterocycles. The second-order valence-corrected chi connectivity index (χ2v) is 6.75. The molecule has 0 fully saturated rings. The van der Waals surface area contributed by atoms with Gasteiger partial charge in [-0.15, -0.1) is 0 Å². The quantitative estimate of drug-likeness (QED) is 0.370. The zero-order valence-corrected chi connectivity index (χ0v) is 14.1. The van der Waals surface area contributed by atoms with E-state index in [9.17, 15) is 0 Å².